The van der Waals surface area contributed by atoms with E-state index in [2.05, 4.69) is 0 Å². The summed E-state index contributed by atoms with van der Waals surface area (Å²) in [6.07, 6.45) is -0.759. The van der Waals surface area contributed by atoms with Crippen molar-refractivity contribution in [2.75, 3.05) is 25.2 Å². The first-order valence-corrected chi connectivity index (χ1v) is 11.5. The third kappa shape index (κ3) is 6.09. The summed E-state index contributed by atoms with van der Waals surface area (Å²) < 4.78 is 35.2. The highest BCUT2D eigenvalue weighted by Gasteiger charge is 2.42. The van der Waals surface area contributed by atoms with E-state index in [1.165, 1.54) is 6.07 Å². The van der Waals surface area contributed by atoms with Crippen molar-refractivity contribution in [3.63, 3.8) is 0 Å². The Morgan fingerprint density at radius 2 is 1.86 bits per heavy atom. The molecule has 2 atom stereocenters. The molecule has 1 heterocycles. The fraction of sp³-hybridized carbons (Fsp3) is 0.350. The van der Waals surface area contributed by atoms with Gasteiger partial charge in [0.05, 0.1) is 22.6 Å². The van der Waals surface area contributed by atoms with E-state index in [0.717, 1.165) is 5.56 Å². The van der Waals surface area contributed by atoms with Crippen LogP contribution >= 0.6 is 23.2 Å². The molecule has 156 valence electrons. The Morgan fingerprint density at radius 3 is 2.55 bits per heavy atom. The molecule has 29 heavy (non-hydrogen) atoms. The largest absolute Gasteiger partial charge is 0.480 e. The molecule has 0 spiro atoms. The van der Waals surface area contributed by atoms with Crippen LogP contribution in [0.15, 0.2) is 48.5 Å². The SMILES string of the molecule is CN(Cc1ccccc1)C1CS(=O)(=O)CC1OC(=O)COc1ccc(Cl)cc1Cl. The van der Waals surface area contributed by atoms with Gasteiger partial charge in [-0.15, -0.1) is 0 Å². The minimum Gasteiger partial charge on any atom is -0.480 e. The van der Waals surface area contributed by atoms with Crippen LogP contribution in [0.1, 0.15) is 5.56 Å². The van der Waals surface area contributed by atoms with Crippen LogP contribution in [0.25, 0.3) is 0 Å². The quantitative estimate of drug-likeness (QED) is 0.594. The minimum atomic E-state index is -3.30. The normalized spacial score (nSPS) is 20.6. The van der Waals surface area contributed by atoms with Gasteiger partial charge in [-0.25, -0.2) is 13.2 Å². The first-order valence-electron chi connectivity index (χ1n) is 8.95. The highest BCUT2D eigenvalue weighted by Crippen LogP contribution is 2.28. The summed E-state index contributed by atoms with van der Waals surface area (Å²) in [5.74, 6) is -0.622. The molecule has 0 saturated carbocycles. The number of sulfone groups is 1. The zero-order valence-electron chi connectivity index (χ0n) is 15.8. The number of nitrogens with zero attached hydrogens (tertiary/aromatic N) is 1. The summed E-state index contributed by atoms with van der Waals surface area (Å²) in [6, 6.07) is 13.9. The van der Waals surface area contributed by atoms with Gasteiger partial charge in [-0.3, -0.25) is 4.90 Å². The number of carbonyl (C=O) groups is 1. The van der Waals surface area contributed by atoms with Crippen molar-refractivity contribution < 1.29 is 22.7 Å². The summed E-state index contributed by atoms with van der Waals surface area (Å²) in [5, 5.41) is 0.722. The first-order chi connectivity index (χ1) is 13.7. The standard InChI is InChI=1S/C20H21Cl2NO5S/c1-23(10-14-5-3-2-4-6-14)17-12-29(25,26)13-19(17)28-20(24)11-27-18-8-7-15(21)9-16(18)22/h2-9,17,19H,10-13H2,1H3. The van der Waals surface area contributed by atoms with Crippen molar-refractivity contribution >= 4 is 39.0 Å². The van der Waals surface area contributed by atoms with Gasteiger partial charge in [0.25, 0.3) is 0 Å². The lowest BCUT2D eigenvalue weighted by Crippen LogP contribution is -2.42. The monoisotopic (exact) mass is 457 g/mol. The van der Waals surface area contributed by atoms with Gasteiger partial charge < -0.3 is 9.47 Å². The number of hydrogen-bond acceptors (Lipinski definition) is 6. The predicted octanol–water partition coefficient (Wildman–Crippen LogP) is 3.21. The van der Waals surface area contributed by atoms with Gasteiger partial charge in [-0.1, -0.05) is 53.5 Å². The third-order valence-corrected chi connectivity index (χ3v) is 6.85. The van der Waals surface area contributed by atoms with Gasteiger partial charge in [-0.05, 0) is 30.8 Å². The molecule has 0 aliphatic carbocycles. The zero-order chi connectivity index (χ0) is 21.0. The molecule has 0 N–H and O–H groups in total. The highest BCUT2D eigenvalue weighted by atomic mass is 35.5. The van der Waals surface area contributed by atoms with Gasteiger partial charge in [-0.2, -0.15) is 0 Å². The Morgan fingerprint density at radius 1 is 1.14 bits per heavy atom. The minimum absolute atomic E-state index is 0.0574. The van der Waals surface area contributed by atoms with E-state index in [1.54, 1.807) is 12.1 Å². The fourth-order valence-corrected chi connectivity index (χ4v) is 5.62. The van der Waals surface area contributed by atoms with Gasteiger partial charge in [0.2, 0.25) is 0 Å². The molecular formula is C20H21Cl2NO5S. The van der Waals surface area contributed by atoms with Crippen LogP contribution in [0, 0.1) is 0 Å². The average Bonchev–Trinajstić information content (AvgIpc) is 2.96. The molecule has 1 saturated heterocycles. The maximum Gasteiger partial charge on any atom is 0.344 e. The molecule has 0 amide bonds. The number of benzene rings is 2. The molecule has 1 aliphatic rings. The van der Waals surface area contributed by atoms with E-state index in [9.17, 15) is 13.2 Å². The summed E-state index contributed by atoms with van der Waals surface area (Å²) in [5.41, 5.74) is 1.05. The lowest BCUT2D eigenvalue weighted by Gasteiger charge is -2.28. The third-order valence-electron chi connectivity index (χ3n) is 4.64. The predicted molar refractivity (Wildman–Crippen MR) is 112 cm³/mol. The molecule has 0 radical (unpaired) electrons. The second kappa shape index (κ2) is 9.34. The van der Waals surface area contributed by atoms with E-state index < -0.39 is 28.0 Å². The Kier molecular flexibility index (Phi) is 7.05. The summed E-state index contributed by atoms with van der Waals surface area (Å²) in [4.78, 5) is 14.2. The molecule has 0 bridgehead atoms. The molecular weight excluding hydrogens is 437 g/mol. The van der Waals surface area contributed by atoms with Crippen molar-refractivity contribution in [1.29, 1.82) is 0 Å². The number of likely N-dealkylation sites (N-methyl/N-ethyl adjacent to an activating group) is 1. The zero-order valence-corrected chi connectivity index (χ0v) is 18.1. The van der Waals surface area contributed by atoms with E-state index in [4.69, 9.17) is 32.7 Å². The highest BCUT2D eigenvalue weighted by molar-refractivity contribution is 7.91. The summed E-state index contributed by atoms with van der Waals surface area (Å²) in [6.45, 7) is 0.166. The second-order valence-corrected chi connectivity index (χ2v) is 9.93. The van der Waals surface area contributed by atoms with Crippen LogP contribution < -0.4 is 4.74 Å². The Balaban J connectivity index is 1.61. The van der Waals surface area contributed by atoms with Crippen LogP contribution in [0.2, 0.25) is 10.0 Å². The van der Waals surface area contributed by atoms with Crippen molar-refractivity contribution in [3.05, 3.63) is 64.1 Å². The molecule has 0 aromatic heterocycles. The van der Waals surface area contributed by atoms with E-state index in [1.807, 2.05) is 42.3 Å². The molecule has 2 aromatic carbocycles. The van der Waals surface area contributed by atoms with Gasteiger partial charge in [0, 0.05) is 11.6 Å². The lowest BCUT2D eigenvalue weighted by molar-refractivity contribution is -0.152. The number of rotatable bonds is 7. The topological polar surface area (TPSA) is 72.9 Å². The number of esters is 1. The maximum absolute atomic E-state index is 12.3. The van der Waals surface area contributed by atoms with Gasteiger partial charge >= 0.3 is 5.97 Å². The van der Waals surface area contributed by atoms with Crippen LogP contribution in [0.4, 0.5) is 0 Å². The van der Waals surface area contributed by atoms with Crippen molar-refractivity contribution in [2.45, 2.75) is 18.7 Å². The second-order valence-electron chi connectivity index (χ2n) is 6.94. The fourth-order valence-electron chi connectivity index (χ4n) is 3.24. The summed E-state index contributed by atoms with van der Waals surface area (Å²) >= 11 is 11.8. The Hall–Kier alpha value is -1.80. The van der Waals surface area contributed by atoms with Crippen molar-refractivity contribution in [2.24, 2.45) is 0 Å². The lowest BCUT2D eigenvalue weighted by atomic mass is 10.1. The van der Waals surface area contributed by atoms with Crippen LogP contribution in [-0.2, 0) is 25.9 Å². The number of halogens is 2. The molecule has 9 heteroatoms. The number of hydrogen-bond donors (Lipinski definition) is 0. The molecule has 6 nitrogen and oxygen atoms in total. The van der Waals surface area contributed by atoms with Gasteiger partial charge in [0.1, 0.15) is 11.9 Å². The maximum atomic E-state index is 12.3. The van der Waals surface area contributed by atoms with Crippen LogP contribution in [0.3, 0.4) is 0 Å². The van der Waals surface area contributed by atoms with Crippen molar-refractivity contribution in [1.82, 2.24) is 4.90 Å². The van der Waals surface area contributed by atoms with Crippen LogP contribution in [-0.4, -0.2) is 56.6 Å². The smallest absolute Gasteiger partial charge is 0.344 e. The average molecular weight is 458 g/mol. The molecule has 3 rings (SSSR count). The molecule has 2 aromatic rings. The van der Waals surface area contributed by atoms with Gasteiger partial charge in [0.15, 0.2) is 16.4 Å². The molecule has 1 aliphatic heterocycles. The number of carbonyl (C=O) groups excluding carboxylic acids is 1. The number of ether oxygens (including phenoxy) is 2. The molecule has 2 unspecified atom stereocenters. The molecule has 1 fully saturated rings. The summed E-state index contributed by atoms with van der Waals surface area (Å²) in [7, 11) is -1.48. The Bertz CT molecular complexity index is 968. The van der Waals surface area contributed by atoms with Crippen molar-refractivity contribution in [3.8, 4) is 5.75 Å². The van der Waals surface area contributed by atoms with E-state index in [0.29, 0.717) is 17.3 Å². The van der Waals surface area contributed by atoms with E-state index in [-0.39, 0.29) is 23.1 Å². The van der Waals surface area contributed by atoms with E-state index >= 15 is 0 Å². The Labute approximate surface area is 180 Å². The van der Waals surface area contributed by atoms with Crippen LogP contribution in [0.5, 0.6) is 5.75 Å². The first kappa shape index (κ1) is 21.9.